The minimum atomic E-state index is -4.66. The number of anilines is 1. The van der Waals surface area contributed by atoms with Gasteiger partial charge in [0.15, 0.2) is 5.75 Å². The molecule has 0 atom stereocenters. The van der Waals surface area contributed by atoms with Crippen LogP contribution in [-0.2, 0) is 22.4 Å². The topological polar surface area (TPSA) is 84.9 Å². The number of nitrogens with zero attached hydrogens (tertiary/aromatic N) is 1. The fraction of sp³-hybridized carbons (Fsp3) is 0.129. The molecule has 0 unspecified atom stereocenters. The van der Waals surface area contributed by atoms with Crippen LogP contribution in [0.2, 0.25) is 10.0 Å². The lowest BCUT2D eigenvalue weighted by atomic mass is 10.1. The molecule has 4 aromatic carbocycles. The Morgan fingerprint density at radius 3 is 2.41 bits per heavy atom. The standard InChI is InChI=1S/C31H21Cl2F3N2O5S/c1-42-25-10-9-20(31(34,35)36)14-24(25)37-27(39)15-38-29(40)26(44-30(38)41)13-17-11-22(32)28(23(33)12-17)43-16-19-7-4-6-18-5-2-3-8-21(18)19/h2-14H,15-16H2,1H3,(H,37,39)/b26-13-. The van der Waals surface area contributed by atoms with Crippen LogP contribution in [0.4, 0.5) is 23.7 Å². The Balaban J connectivity index is 1.28. The Morgan fingerprint density at radius 1 is 1.00 bits per heavy atom. The molecule has 1 saturated heterocycles. The number of amides is 3. The van der Waals surface area contributed by atoms with Gasteiger partial charge in [0.2, 0.25) is 5.91 Å². The number of nitrogens with one attached hydrogen (secondary N) is 1. The van der Waals surface area contributed by atoms with Gasteiger partial charge in [0.1, 0.15) is 18.9 Å². The second kappa shape index (κ2) is 12.8. The number of alkyl halides is 3. The molecule has 0 aliphatic carbocycles. The van der Waals surface area contributed by atoms with Gasteiger partial charge in [-0.25, -0.2) is 0 Å². The summed E-state index contributed by atoms with van der Waals surface area (Å²) in [6.45, 7) is -0.530. The average Bonchev–Trinajstić information content (AvgIpc) is 3.23. The monoisotopic (exact) mass is 660 g/mol. The van der Waals surface area contributed by atoms with Crippen molar-refractivity contribution in [3.63, 3.8) is 0 Å². The number of carbonyl (C=O) groups excluding carboxylic acids is 3. The number of hydrogen-bond donors (Lipinski definition) is 1. The summed E-state index contributed by atoms with van der Waals surface area (Å²) in [4.78, 5) is 38.9. The zero-order chi connectivity index (χ0) is 31.6. The lowest BCUT2D eigenvalue weighted by molar-refractivity contribution is -0.137. The third-order valence-electron chi connectivity index (χ3n) is 6.55. The molecule has 0 aromatic heterocycles. The third-order valence-corrected chi connectivity index (χ3v) is 8.02. The predicted molar refractivity (Wildman–Crippen MR) is 164 cm³/mol. The minimum absolute atomic E-state index is 0.00370. The molecule has 5 rings (SSSR count). The number of benzene rings is 4. The largest absolute Gasteiger partial charge is 0.495 e. The number of carbonyl (C=O) groups is 3. The van der Waals surface area contributed by atoms with Crippen molar-refractivity contribution in [1.29, 1.82) is 0 Å². The normalized spacial score (nSPS) is 14.4. The molecule has 4 aromatic rings. The molecule has 0 radical (unpaired) electrons. The summed E-state index contributed by atoms with van der Waals surface area (Å²) >= 11 is 13.5. The molecule has 13 heteroatoms. The van der Waals surface area contributed by atoms with Crippen LogP contribution >= 0.6 is 35.0 Å². The highest BCUT2D eigenvalue weighted by atomic mass is 35.5. The Bertz CT molecular complexity index is 1800. The van der Waals surface area contributed by atoms with Gasteiger partial charge in [0, 0.05) is 0 Å². The molecule has 226 valence electrons. The molecular weight excluding hydrogens is 640 g/mol. The first-order chi connectivity index (χ1) is 20.9. The first-order valence-electron chi connectivity index (χ1n) is 12.8. The van der Waals surface area contributed by atoms with Crippen molar-refractivity contribution in [2.75, 3.05) is 19.0 Å². The number of ether oxygens (including phenoxy) is 2. The number of hydrogen-bond acceptors (Lipinski definition) is 6. The van der Waals surface area contributed by atoms with E-state index in [1.807, 2.05) is 42.5 Å². The average molecular weight is 661 g/mol. The summed E-state index contributed by atoms with van der Waals surface area (Å²) in [6.07, 6.45) is -3.26. The van der Waals surface area contributed by atoms with Crippen LogP contribution in [-0.4, -0.2) is 35.6 Å². The van der Waals surface area contributed by atoms with Gasteiger partial charge in [-0.15, -0.1) is 0 Å². The molecule has 1 N–H and O–H groups in total. The van der Waals surface area contributed by atoms with Crippen LogP contribution in [0.25, 0.3) is 16.8 Å². The van der Waals surface area contributed by atoms with Crippen molar-refractivity contribution in [2.45, 2.75) is 12.8 Å². The van der Waals surface area contributed by atoms with E-state index in [9.17, 15) is 27.6 Å². The summed E-state index contributed by atoms with van der Waals surface area (Å²) in [5.74, 6) is -1.45. The van der Waals surface area contributed by atoms with E-state index in [-0.39, 0.29) is 38.7 Å². The number of imide groups is 1. The van der Waals surface area contributed by atoms with Gasteiger partial charge in [-0.05, 0) is 70.1 Å². The van der Waals surface area contributed by atoms with Crippen LogP contribution < -0.4 is 14.8 Å². The molecule has 1 aliphatic rings. The first-order valence-corrected chi connectivity index (χ1v) is 14.4. The van der Waals surface area contributed by atoms with E-state index in [2.05, 4.69) is 5.32 Å². The first kappa shape index (κ1) is 31.2. The van der Waals surface area contributed by atoms with Gasteiger partial charge < -0.3 is 14.8 Å². The van der Waals surface area contributed by atoms with Crippen molar-refractivity contribution in [1.82, 2.24) is 4.90 Å². The molecule has 1 fully saturated rings. The van der Waals surface area contributed by atoms with Gasteiger partial charge in [-0.1, -0.05) is 65.7 Å². The van der Waals surface area contributed by atoms with Crippen molar-refractivity contribution < 1.29 is 37.0 Å². The molecular formula is C31H21Cl2F3N2O5S. The SMILES string of the molecule is COc1ccc(C(F)(F)F)cc1NC(=O)CN1C(=O)S/C(=C\c2cc(Cl)c(OCc3cccc4ccccc34)c(Cl)c2)C1=O. The molecule has 1 aliphatic heterocycles. The van der Waals surface area contributed by atoms with Gasteiger partial charge in [0.25, 0.3) is 11.1 Å². The number of fused-ring (bicyclic) bond motifs is 1. The van der Waals surface area contributed by atoms with E-state index in [1.165, 1.54) is 25.3 Å². The maximum absolute atomic E-state index is 13.1. The van der Waals surface area contributed by atoms with Gasteiger partial charge in [-0.2, -0.15) is 13.2 Å². The highest BCUT2D eigenvalue weighted by Gasteiger charge is 2.37. The molecule has 3 amide bonds. The second-order valence-corrected chi connectivity index (χ2v) is 11.3. The molecule has 0 saturated carbocycles. The van der Waals surface area contributed by atoms with E-state index >= 15 is 0 Å². The van der Waals surface area contributed by atoms with E-state index in [1.54, 1.807) is 0 Å². The summed E-state index contributed by atoms with van der Waals surface area (Å²) in [7, 11) is 1.22. The summed E-state index contributed by atoms with van der Waals surface area (Å²) in [5, 5.41) is 3.98. The van der Waals surface area contributed by atoms with Crippen LogP contribution in [0.1, 0.15) is 16.7 Å². The van der Waals surface area contributed by atoms with Gasteiger partial charge >= 0.3 is 6.18 Å². The molecule has 7 nitrogen and oxygen atoms in total. The zero-order valence-corrected chi connectivity index (χ0v) is 25.0. The number of rotatable bonds is 8. The van der Waals surface area contributed by atoms with Crippen molar-refractivity contribution in [3.8, 4) is 11.5 Å². The number of methoxy groups -OCH3 is 1. The summed E-state index contributed by atoms with van der Waals surface area (Å²) in [5.41, 5.74) is 0.0663. The van der Waals surface area contributed by atoms with Crippen LogP contribution in [0.5, 0.6) is 11.5 Å². The number of halogens is 5. The Labute approximate surface area is 263 Å². The van der Waals surface area contributed by atoms with E-state index in [0.29, 0.717) is 28.3 Å². The van der Waals surface area contributed by atoms with Crippen molar-refractivity contribution in [3.05, 3.63) is 104 Å². The summed E-state index contributed by atoms with van der Waals surface area (Å²) < 4.78 is 50.4. The molecule has 44 heavy (non-hydrogen) atoms. The fourth-order valence-electron chi connectivity index (χ4n) is 4.47. The summed E-state index contributed by atoms with van der Waals surface area (Å²) in [6, 6.07) is 19.3. The predicted octanol–water partition coefficient (Wildman–Crippen LogP) is 8.43. The molecule has 0 bridgehead atoms. The highest BCUT2D eigenvalue weighted by molar-refractivity contribution is 8.18. The Hall–Kier alpha value is -4.19. The smallest absolute Gasteiger partial charge is 0.416 e. The maximum Gasteiger partial charge on any atom is 0.416 e. The Morgan fingerprint density at radius 2 is 1.70 bits per heavy atom. The lowest BCUT2D eigenvalue weighted by Crippen LogP contribution is -2.36. The van der Waals surface area contributed by atoms with Crippen LogP contribution in [0.3, 0.4) is 0 Å². The van der Waals surface area contributed by atoms with Gasteiger partial charge in [0.05, 0.1) is 33.3 Å². The third kappa shape index (κ3) is 6.80. The zero-order valence-electron chi connectivity index (χ0n) is 22.7. The second-order valence-electron chi connectivity index (χ2n) is 9.47. The lowest BCUT2D eigenvalue weighted by Gasteiger charge is -2.16. The van der Waals surface area contributed by atoms with Crippen LogP contribution in [0, 0.1) is 0 Å². The van der Waals surface area contributed by atoms with Crippen molar-refractivity contribution >= 4 is 74.6 Å². The highest BCUT2D eigenvalue weighted by Crippen LogP contribution is 2.39. The maximum atomic E-state index is 13.1. The van der Waals surface area contributed by atoms with Crippen molar-refractivity contribution in [2.24, 2.45) is 0 Å². The fourth-order valence-corrected chi connectivity index (χ4v) is 5.92. The van der Waals surface area contributed by atoms with Crippen LogP contribution in [0.15, 0.2) is 77.7 Å². The Kier molecular flexibility index (Phi) is 9.10. The van der Waals surface area contributed by atoms with E-state index in [4.69, 9.17) is 32.7 Å². The van der Waals surface area contributed by atoms with Gasteiger partial charge in [-0.3, -0.25) is 19.3 Å². The minimum Gasteiger partial charge on any atom is -0.495 e. The van der Waals surface area contributed by atoms with E-state index in [0.717, 1.165) is 28.5 Å². The molecule has 0 spiro atoms. The van der Waals surface area contributed by atoms with E-state index < -0.39 is 35.3 Å². The molecule has 1 heterocycles. The number of thioether (sulfide) groups is 1. The quantitative estimate of drug-likeness (QED) is 0.191.